The summed E-state index contributed by atoms with van der Waals surface area (Å²) in [6.45, 7) is 4.89. The van der Waals surface area contributed by atoms with Gasteiger partial charge in [0.05, 0.1) is 24.2 Å². The number of rotatable bonds is 6. The van der Waals surface area contributed by atoms with Crippen LogP contribution in [0.2, 0.25) is 0 Å². The Labute approximate surface area is 172 Å². The van der Waals surface area contributed by atoms with Crippen molar-refractivity contribution in [2.45, 2.75) is 19.6 Å². The number of anilines is 1. The number of carbonyl (C=O) groups excluding carboxylic acids is 1. The fourth-order valence-corrected chi connectivity index (χ4v) is 3.76. The monoisotopic (exact) mass is 427 g/mol. The molecule has 158 valence electrons. The van der Waals surface area contributed by atoms with E-state index < -0.39 is 23.4 Å². The predicted octanol–water partition coefficient (Wildman–Crippen LogP) is 2.65. The van der Waals surface area contributed by atoms with Crippen LogP contribution in [0.15, 0.2) is 23.1 Å². The van der Waals surface area contributed by atoms with Crippen LogP contribution in [0, 0.1) is 5.82 Å². The number of benzene rings is 1. The molecule has 9 heteroatoms. The van der Waals surface area contributed by atoms with Crippen molar-refractivity contribution in [1.82, 2.24) is 9.47 Å². The lowest BCUT2D eigenvalue weighted by molar-refractivity contribution is 0.0598. The zero-order valence-corrected chi connectivity index (χ0v) is 17.2. The van der Waals surface area contributed by atoms with Gasteiger partial charge in [0.2, 0.25) is 5.43 Å². The van der Waals surface area contributed by atoms with Crippen LogP contribution in [0.4, 0.5) is 14.5 Å². The number of aryl methyl sites for hydroxylation is 1. The molecule has 1 aromatic carbocycles. The van der Waals surface area contributed by atoms with E-state index in [-0.39, 0.29) is 23.4 Å². The molecule has 1 fully saturated rings. The highest BCUT2D eigenvalue weighted by atomic mass is 35.5. The van der Waals surface area contributed by atoms with Crippen molar-refractivity contribution in [3.63, 3.8) is 0 Å². The second-order valence-electron chi connectivity index (χ2n) is 7.01. The van der Waals surface area contributed by atoms with Gasteiger partial charge in [0.1, 0.15) is 17.6 Å². The largest absolute Gasteiger partial charge is 0.465 e. The summed E-state index contributed by atoms with van der Waals surface area (Å²) >= 11 is 5.53. The number of methoxy groups -OCH3 is 1. The molecule has 0 spiro atoms. The van der Waals surface area contributed by atoms with Crippen molar-refractivity contribution in [2.75, 3.05) is 50.6 Å². The minimum Gasteiger partial charge on any atom is -0.465 e. The molecule has 1 unspecified atom stereocenters. The van der Waals surface area contributed by atoms with Gasteiger partial charge in [-0.05, 0) is 19.1 Å². The summed E-state index contributed by atoms with van der Waals surface area (Å²) < 4.78 is 34.8. The Morgan fingerprint density at radius 1 is 1.28 bits per heavy atom. The van der Waals surface area contributed by atoms with Gasteiger partial charge in [0.25, 0.3) is 0 Å². The van der Waals surface area contributed by atoms with E-state index in [0.717, 1.165) is 0 Å². The molecule has 29 heavy (non-hydrogen) atoms. The SMILES string of the molecule is CCn1cc(C(=O)OC)c(=O)c2cc(F)c(N3CCN(CC(F)CCl)CC3)cc21. The third-order valence-corrected chi connectivity index (χ3v) is 5.57. The van der Waals surface area contributed by atoms with Crippen LogP contribution in [0.3, 0.4) is 0 Å². The second kappa shape index (κ2) is 9.09. The quantitative estimate of drug-likeness (QED) is 0.524. The van der Waals surface area contributed by atoms with Crippen LogP contribution in [-0.4, -0.2) is 67.3 Å². The zero-order chi connectivity index (χ0) is 21.1. The fraction of sp³-hybridized carbons (Fsp3) is 0.500. The van der Waals surface area contributed by atoms with Crippen molar-refractivity contribution < 1.29 is 18.3 Å². The summed E-state index contributed by atoms with van der Waals surface area (Å²) in [6.07, 6.45) is 0.368. The summed E-state index contributed by atoms with van der Waals surface area (Å²) in [7, 11) is 1.20. The van der Waals surface area contributed by atoms with E-state index in [2.05, 4.69) is 4.74 Å². The third kappa shape index (κ3) is 4.38. The van der Waals surface area contributed by atoms with Crippen LogP contribution in [0.1, 0.15) is 17.3 Å². The smallest absolute Gasteiger partial charge is 0.343 e. The average molecular weight is 428 g/mol. The topological polar surface area (TPSA) is 54.8 Å². The summed E-state index contributed by atoms with van der Waals surface area (Å²) in [5, 5.41) is 0.136. The first kappa shape index (κ1) is 21.5. The Balaban J connectivity index is 1.94. The first-order valence-electron chi connectivity index (χ1n) is 9.51. The molecule has 1 aromatic heterocycles. The number of nitrogens with zero attached hydrogens (tertiary/aromatic N) is 3. The summed E-state index contributed by atoms with van der Waals surface area (Å²) in [5.74, 6) is -1.32. The molecule has 0 saturated carbocycles. The molecule has 0 radical (unpaired) electrons. The van der Waals surface area contributed by atoms with Gasteiger partial charge in [0, 0.05) is 50.9 Å². The first-order chi connectivity index (χ1) is 13.9. The number of hydrogen-bond donors (Lipinski definition) is 0. The average Bonchev–Trinajstić information content (AvgIpc) is 2.74. The molecule has 2 aromatic rings. The van der Waals surface area contributed by atoms with E-state index in [1.807, 2.05) is 16.7 Å². The lowest BCUT2D eigenvalue weighted by Crippen LogP contribution is -2.48. The van der Waals surface area contributed by atoms with E-state index in [0.29, 0.717) is 43.9 Å². The van der Waals surface area contributed by atoms with Gasteiger partial charge < -0.3 is 14.2 Å². The van der Waals surface area contributed by atoms with Crippen molar-refractivity contribution in [1.29, 1.82) is 0 Å². The fourth-order valence-electron chi connectivity index (χ4n) is 3.66. The lowest BCUT2D eigenvalue weighted by Gasteiger charge is -2.36. The van der Waals surface area contributed by atoms with E-state index in [1.54, 1.807) is 10.6 Å². The van der Waals surface area contributed by atoms with Crippen LogP contribution >= 0.6 is 11.6 Å². The Hall–Kier alpha value is -2.19. The number of aromatic nitrogens is 1. The summed E-state index contributed by atoms with van der Waals surface area (Å²) in [5.41, 5.74) is 0.262. The molecular formula is C20H24ClF2N3O3. The molecule has 0 N–H and O–H groups in total. The van der Waals surface area contributed by atoms with E-state index in [4.69, 9.17) is 11.6 Å². The van der Waals surface area contributed by atoms with Gasteiger partial charge >= 0.3 is 5.97 Å². The Bertz CT molecular complexity index is 958. The number of esters is 1. The molecule has 1 saturated heterocycles. The Kier molecular flexibility index (Phi) is 6.74. The molecule has 6 nitrogen and oxygen atoms in total. The van der Waals surface area contributed by atoms with Crippen LogP contribution in [0.5, 0.6) is 0 Å². The molecule has 3 rings (SSSR count). The number of pyridine rings is 1. The molecule has 1 aliphatic heterocycles. The molecule has 0 aliphatic carbocycles. The van der Waals surface area contributed by atoms with E-state index in [1.165, 1.54) is 19.4 Å². The number of hydrogen-bond acceptors (Lipinski definition) is 5. The van der Waals surface area contributed by atoms with Crippen molar-refractivity contribution in [3.05, 3.63) is 39.9 Å². The predicted molar refractivity (Wildman–Crippen MR) is 109 cm³/mol. The standard InChI is InChI=1S/C20H24ClF2N3O3/c1-3-25-12-15(20(28)29-2)19(27)14-8-16(23)18(9-17(14)25)26-6-4-24(5-7-26)11-13(22)10-21/h8-9,12-13H,3-7,10-11H2,1-2H3. The van der Waals surface area contributed by atoms with Gasteiger partial charge in [-0.1, -0.05) is 0 Å². The van der Waals surface area contributed by atoms with E-state index in [9.17, 15) is 18.4 Å². The first-order valence-corrected chi connectivity index (χ1v) is 10.0. The zero-order valence-electron chi connectivity index (χ0n) is 16.5. The minimum absolute atomic E-state index is 0.0401. The molecule has 0 amide bonds. The number of piperazine rings is 1. The molecule has 0 bridgehead atoms. The third-order valence-electron chi connectivity index (χ3n) is 5.23. The van der Waals surface area contributed by atoms with Gasteiger partial charge in [-0.15, -0.1) is 11.6 Å². The highest BCUT2D eigenvalue weighted by Crippen LogP contribution is 2.26. The molecule has 2 heterocycles. The van der Waals surface area contributed by atoms with Crippen LogP contribution < -0.4 is 10.3 Å². The van der Waals surface area contributed by atoms with Crippen molar-refractivity contribution >= 4 is 34.2 Å². The highest BCUT2D eigenvalue weighted by molar-refractivity contribution is 6.18. The minimum atomic E-state index is -1.08. The molecular weight excluding hydrogens is 404 g/mol. The maximum Gasteiger partial charge on any atom is 0.343 e. The van der Waals surface area contributed by atoms with Crippen LogP contribution in [-0.2, 0) is 11.3 Å². The van der Waals surface area contributed by atoms with Crippen LogP contribution in [0.25, 0.3) is 10.9 Å². The maximum atomic E-state index is 14.9. The summed E-state index contributed by atoms with van der Waals surface area (Å²) in [4.78, 5) is 28.4. The lowest BCUT2D eigenvalue weighted by atomic mass is 10.1. The van der Waals surface area contributed by atoms with Crippen molar-refractivity contribution in [3.8, 4) is 0 Å². The number of carbonyl (C=O) groups is 1. The number of halogens is 3. The van der Waals surface area contributed by atoms with E-state index >= 15 is 0 Å². The van der Waals surface area contributed by atoms with Gasteiger partial charge in [-0.3, -0.25) is 9.69 Å². The molecule has 1 aliphatic rings. The normalized spacial score (nSPS) is 16.2. The number of ether oxygens (including phenoxy) is 1. The Morgan fingerprint density at radius 3 is 2.55 bits per heavy atom. The number of alkyl halides is 2. The second-order valence-corrected chi connectivity index (χ2v) is 7.32. The van der Waals surface area contributed by atoms with Gasteiger partial charge in [-0.25, -0.2) is 13.6 Å². The maximum absolute atomic E-state index is 14.9. The van der Waals surface area contributed by atoms with Gasteiger partial charge in [-0.2, -0.15) is 0 Å². The number of fused-ring (bicyclic) bond motifs is 1. The molecule has 1 atom stereocenters. The van der Waals surface area contributed by atoms with Gasteiger partial charge in [0.15, 0.2) is 0 Å². The highest BCUT2D eigenvalue weighted by Gasteiger charge is 2.23. The summed E-state index contributed by atoms with van der Waals surface area (Å²) in [6, 6.07) is 2.83. The Morgan fingerprint density at radius 2 is 1.97 bits per heavy atom. The van der Waals surface area contributed by atoms with Crippen molar-refractivity contribution in [2.24, 2.45) is 0 Å².